The van der Waals surface area contributed by atoms with Gasteiger partial charge in [0.1, 0.15) is 5.76 Å². The lowest BCUT2D eigenvalue weighted by Crippen LogP contribution is -2.36. The van der Waals surface area contributed by atoms with Crippen LogP contribution in [0.25, 0.3) is 0 Å². The van der Waals surface area contributed by atoms with Crippen LogP contribution in [0.15, 0.2) is 33.8 Å². The second-order valence-electron chi connectivity index (χ2n) is 5.71. The zero-order chi connectivity index (χ0) is 19.2. The largest absolute Gasteiger partial charge is 0.416 e. The van der Waals surface area contributed by atoms with Crippen LogP contribution in [-0.2, 0) is 32.1 Å². The normalized spacial score (nSPS) is 11.9. The lowest BCUT2D eigenvalue weighted by molar-refractivity contribution is -0.137. The van der Waals surface area contributed by atoms with E-state index in [9.17, 15) is 13.2 Å². The molecular formula is C18H24F3IN4O. The Labute approximate surface area is 173 Å². The second kappa shape index (κ2) is 10.5. The first-order valence-corrected chi connectivity index (χ1v) is 8.45. The summed E-state index contributed by atoms with van der Waals surface area (Å²) in [5.74, 6) is 1.39. The molecule has 0 aliphatic carbocycles. The van der Waals surface area contributed by atoms with Crippen molar-refractivity contribution in [3.05, 3.63) is 52.4 Å². The Kier molecular flexibility index (Phi) is 9.07. The molecule has 0 saturated carbocycles. The summed E-state index contributed by atoms with van der Waals surface area (Å²) in [6, 6.07) is 5.05. The molecule has 0 bridgehead atoms. The van der Waals surface area contributed by atoms with E-state index in [1.165, 1.54) is 12.1 Å². The summed E-state index contributed by atoms with van der Waals surface area (Å²) < 4.78 is 43.1. The Morgan fingerprint density at radius 3 is 2.22 bits per heavy atom. The monoisotopic (exact) mass is 496 g/mol. The zero-order valence-electron chi connectivity index (χ0n) is 15.5. The lowest BCUT2D eigenvalue weighted by atomic mass is 10.1. The van der Waals surface area contributed by atoms with E-state index in [1.54, 1.807) is 7.05 Å². The number of halogens is 4. The number of benzene rings is 1. The molecule has 0 spiro atoms. The smallest absolute Gasteiger partial charge is 0.361 e. The van der Waals surface area contributed by atoms with Crippen LogP contribution in [0.1, 0.15) is 42.0 Å². The van der Waals surface area contributed by atoms with Crippen LogP contribution in [-0.4, -0.2) is 18.2 Å². The number of aromatic nitrogens is 1. The van der Waals surface area contributed by atoms with Crippen molar-refractivity contribution in [2.75, 3.05) is 7.05 Å². The molecule has 1 aromatic carbocycles. The first-order valence-electron chi connectivity index (χ1n) is 8.45. The van der Waals surface area contributed by atoms with Gasteiger partial charge >= 0.3 is 6.18 Å². The zero-order valence-corrected chi connectivity index (χ0v) is 17.8. The van der Waals surface area contributed by atoms with Crippen molar-refractivity contribution in [1.82, 2.24) is 15.8 Å². The van der Waals surface area contributed by atoms with Gasteiger partial charge in [-0.2, -0.15) is 13.2 Å². The van der Waals surface area contributed by atoms with Crippen molar-refractivity contribution < 1.29 is 17.7 Å². The quantitative estimate of drug-likeness (QED) is 0.356. The van der Waals surface area contributed by atoms with Gasteiger partial charge < -0.3 is 15.2 Å². The van der Waals surface area contributed by atoms with E-state index in [0.717, 1.165) is 47.6 Å². The summed E-state index contributed by atoms with van der Waals surface area (Å²) in [5, 5.41) is 10.3. The maximum Gasteiger partial charge on any atom is 0.416 e. The minimum absolute atomic E-state index is 0. The maximum absolute atomic E-state index is 12.6. The fourth-order valence-corrected chi connectivity index (χ4v) is 2.53. The molecular weight excluding hydrogens is 472 g/mol. The molecule has 0 aliphatic heterocycles. The Hall–Kier alpha value is -1.78. The topological polar surface area (TPSA) is 62.5 Å². The van der Waals surface area contributed by atoms with Gasteiger partial charge in [0.25, 0.3) is 0 Å². The molecule has 0 unspecified atom stereocenters. The van der Waals surface area contributed by atoms with Crippen molar-refractivity contribution in [2.24, 2.45) is 4.99 Å². The Balaban J connectivity index is 0.00000364. The molecule has 2 aromatic rings. The van der Waals surface area contributed by atoms with Crippen molar-refractivity contribution in [2.45, 2.75) is 46.0 Å². The van der Waals surface area contributed by atoms with Gasteiger partial charge in [-0.05, 0) is 24.1 Å². The van der Waals surface area contributed by atoms with Crippen molar-refractivity contribution in [3.8, 4) is 0 Å². The Bertz CT molecular complexity index is 721. The predicted octanol–water partition coefficient (Wildman–Crippen LogP) is 4.30. The van der Waals surface area contributed by atoms with E-state index in [4.69, 9.17) is 4.52 Å². The second-order valence-corrected chi connectivity index (χ2v) is 5.71. The van der Waals surface area contributed by atoms with E-state index in [1.807, 2.05) is 13.8 Å². The van der Waals surface area contributed by atoms with Gasteiger partial charge in [0, 0.05) is 32.1 Å². The fourth-order valence-electron chi connectivity index (χ4n) is 2.53. The number of aryl methyl sites for hydroxylation is 2. The number of hydrogen-bond donors (Lipinski definition) is 2. The summed E-state index contributed by atoms with van der Waals surface area (Å²) in [5.41, 5.74) is 2.00. The minimum Gasteiger partial charge on any atom is -0.361 e. The van der Waals surface area contributed by atoms with Crippen LogP contribution < -0.4 is 10.6 Å². The average molecular weight is 496 g/mol. The minimum atomic E-state index is -4.32. The van der Waals surface area contributed by atoms with E-state index in [0.29, 0.717) is 19.0 Å². The molecule has 2 N–H and O–H groups in total. The number of aliphatic imine (C=N–C) groups is 1. The lowest BCUT2D eigenvalue weighted by Gasteiger charge is -2.13. The third-order valence-electron chi connectivity index (χ3n) is 4.00. The predicted molar refractivity (Wildman–Crippen MR) is 109 cm³/mol. The molecule has 2 rings (SSSR count). The number of nitrogens with one attached hydrogen (secondary N) is 2. The number of guanidine groups is 1. The summed E-state index contributed by atoms with van der Waals surface area (Å²) in [4.78, 5) is 4.13. The fraction of sp³-hybridized carbons (Fsp3) is 0.444. The highest BCUT2D eigenvalue weighted by atomic mass is 127. The van der Waals surface area contributed by atoms with E-state index >= 15 is 0 Å². The highest BCUT2D eigenvalue weighted by Gasteiger charge is 2.29. The molecule has 0 fully saturated rings. The van der Waals surface area contributed by atoms with Crippen LogP contribution in [0.4, 0.5) is 13.2 Å². The van der Waals surface area contributed by atoms with Gasteiger partial charge in [0.15, 0.2) is 5.96 Å². The molecule has 1 aromatic heterocycles. The van der Waals surface area contributed by atoms with Crippen molar-refractivity contribution in [1.29, 1.82) is 0 Å². The molecule has 150 valence electrons. The molecule has 0 atom stereocenters. The van der Waals surface area contributed by atoms with Crippen molar-refractivity contribution in [3.63, 3.8) is 0 Å². The first kappa shape index (κ1) is 23.3. The molecule has 1 heterocycles. The summed E-state index contributed by atoms with van der Waals surface area (Å²) >= 11 is 0. The summed E-state index contributed by atoms with van der Waals surface area (Å²) in [7, 11) is 1.64. The van der Waals surface area contributed by atoms with Crippen LogP contribution >= 0.6 is 24.0 Å². The van der Waals surface area contributed by atoms with E-state index in [-0.39, 0.29) is 24.0 Å². The van der Waals surface area contributed by atoms with Gasteiger partial charge in [0.05, 0.1) is 11.3 Å². The summed E-state index contributed by atoms with van der Waals surface area (Å²) in [6.45, 7) is 4.89. The van der Waals surface area contributed by atoms with Crippen LogP contribution in [0, 0.1) is 0 Å². The molecule has 0 radical (unpaired) electrons. The molecule has 5 nitrogen and oxygen atoms in total. The van der Waals surface area contributed by atoms with Crippen LogP contribution in [0.2, 0.25) is 0 Å². The van der Waals surface area contributed by atoms with Crippen LogP contribution in [0.3, 0.4) is 0 Å². The maximum atomic E-state index is 12.6. The number of rotatable bonds is 6. The average Bonchev–Trinajstić information content (AvgIpc) is 3.03. The molecule has 0 aliphatic rings. The number of hydrogen-bond acceptors (Lipinski definition) is 3. The van der Waals surface area contributed by atoms with Gasteiger partial charge in [0.2, 0.25) is 0 Å². The third-order valence-corrected chi connectivity index (χ3v) is 4.00. The highest BCUT2D eigenvalue weighted by Crippen LogP contribution is 2.29. The molecule has 9 heteroatoms. The van der Waals surface area contributed by atoms with Gasteiger partial charge in [-0.3, -0.25) is 4.99 Å². The van der Waals surface area contributed by atoms with Gasteiger partial charge in [-0.25, -0.2) is 0 Å². The SMILES string of the molecule is CCc1noc(CC)c1CNC(=NC)NCc1ccc(C(F)(F)F)cc1.I. The molecule has 0 amide bonds. The molecule has 0 saturated heterocycles. The van der Waals surface area contributed by atoms with Gasteiger partial charge in [-0.1, -0.05) is 31.1 Å². The van der Waals surface area contributed by atoms with E-state index < -0.39 is 11.7 Å². The Morgan fingerprint density at radius 2 is 1.70 bits per heavy atom. The highest BCUT2D eigenvalue weighted by molar-refractivity contribution is 14.0. The van der Waals surface area contributed by atoms with Crippen LogP contribution in [0.5, 0.6) is 0 Å². The van der Waals surface area contributed by atoms with Gasteiger partial charge in [-0.15, -0.1) is 24.0 Å². The Morgan fingerprint density at radius 1 is 1.07 bits per heavy atom. The first-order chi connectivity index (χ1) is 12.4. The number of nitrogens with zero attached hydrogens (tertiary/aromatic N) is 2. The third kappa shape index (κ3) is 6.40. The summed E-state index contributed by atoms with van der Waals surface area (Å²) in [6.07, 6.45) is -2.80. The number of alkyl halides is 3. The van der Waals surface area contributed by atoms with Crippen molar-refractivity contribution >= 4 is 29.9 Å². The molecule has 27 heavy (non-hydrogen) atoms. The van der Waals surface area contributed by atoms with E-state index in [2.05, 4.69) is 20.8 Å². The standard InChI is InChI=1S/C18H23F3N4O.HI/c1-4-15-14(16(5-2)26-25-15)11-24-17(22-3)23-10-12-6-8-13(9-7-12)18(19,20)21;/h6-9H,4-5,10-11H2,1-3H3,(H2,22,23,24);1H.